The highest BCUT2D eigenvalue weighted by Gasteiger charge is 2.23. The highest BCUT2D eigenvalue weighted by Crippen LogP contribution is 2.32. The topological polar surface area (TPSA) is 16.1 Å². The molecule has 3 rings (SSSR count). The van der Waals surface area contributed by atoms with Gasteiger partial charge in [0.1, 0.15) is 0 Å². The summed E-state index contributed by atoms with van der Waals surface area (Å²) >= 11 is 6.22. The Morgan fingerprint density at radius 2 is 2.15 bits per heavy atom. The van der Waals surface area contributed by atoms with Crippen molar-refractivity contribution >= 4 is 17.3 Å². The summed E-state index contributed by atoms with van der Waals surface area (Å²) in [4.78, 5) is 6.56. The van der Waals surface area contributed by atoms with E-state index < -0.39 is 0 Å². The number of aryl methyl sites for hydroxylation is 1. The van der Waals surface area contributed by atoms with Gasteiger partial charge in [-0.05, 0) is 37.5 Å². The second kappa shape index (κ2) is 5.84. The van der Waals surface area contributed by atoms with Crippen LogP contribution in [0.1, 0.15) is 29.9 Å². The lowest BCUT2D eigenvalue weighted by molar-refractivity contribution is 0.510. The molecule has 1 saturated heterocycles. The molecule has 0 aliphatic carbocycles. The predicted molar refractivity (Wildman–Crippen MR) is 84.6 cm³/mol. The molecule has 1 fully saturated rings. The van der Waals surface area contributed by atoms with Crippen molar-refractivity contribution in [1.29, 1.82) is 0 Å². The number of halogens is 1. The number of rotatable bonds is 2. The van der Waals surface area contributed by atoms with Gasteiger partial charge in [0.05, 0.1) is 5.69 Å². The van der Waals surface area contributed by atoms with E-state index in [0.29, 0.717) is 11.1 Å². The Morgan fingerprint density at radius 3 is 2.95 bits per heavy atom. The fraction of sp³-hybridized carbons (Fsp3) is 0.353. The van der Waals surface area contributed by atoms with Crippen LogP contribution in [0, 0.1) is 6.92 Å². The summed E-state index contributed by atoms with van der Waals surface area (Å²) in [7, 11) is 0. The highest BCUT2D eigenvalue weighted by atomic mass is 35.5. The molecule has 1 aromatic heterocycles. The number of benzene rings is 1. The van der Waals surface area contributed by atoms with Crippen LogP contribution in [0.2, 0.25) is 5.15 Å². The maximum atomic E-state index is 6.22. The summed E-state index contributed by atoms with van der Waals surface area (Å²) in [6, 6.07) is 12.9. The fourth-order valence-electron chi connectivity index (χ4n) is 3.01. The number of anilines is 1. The van der Waals surface area contributed by atoms with Gasteiger partial charge in [0, 0.05) is 25.2 Å². The Balaban J connectivity index is 1.82. The van der Waals surface area contributed by atoms with Gasteiger partial charge in [-0.25, -0.2) is 4.98 Å². The van der Waals surface area contributed by atoms with Crippen LogP contribution in [-0.2, 0) is 0 Å². The molecule has 0 amide bonds. The van der Waals surface area contributed by atoms with Gasteiger partial charge in [-0.3, -0.25) is 0 Å². The Morgan fingerprint density at radius 1 is 1.25 bits per heavy atom. The van der Waals surface area contributed by atoms with Crippen molar-refractivity contribution in [3.63, 3.8) is 0 Å². The fourth-order valence-corrected chi connectivity index (χ4v) is 3.24. The van der Waals surface area contributed by atoms with E-state index >= 15 is 0 Å². The lowest BCUT2D eigenvalue weighted by atomic mass is 9.89. The Bertz CT molecular complexity index is 597. The highest BCUT2D eigenvalue weighted by molar-refractivity contribution is 6.32. The van der Waals surface area contributed by atoms with Gasteiger partial charge >= 0.3 is 0 Å². The molecule has 0 radical (unpaired) electrons. The monoisotopic (exact) mass is 286 g/mol. The third-order valence-electron chi connectivity index (χ3n) is 4.02. The van der Waals surface area contributed by atoms with Crippen molar-refractivity contribution in [1.82, 2.24) is 4.98 Å². The lowest BCUT2D eigenvalue weighted by Gasteiger charge is -2.35. The van der Waals surface area contributed by atoms with Crippen LogP contribution in [-0.4, -0.2) is 18.1 Å². The van der Waals surface area contributed by atoms with Crippen LogP contribution in [0.5, 0.6) is 0 Å². The zero-order valence-electron chi connectivity index (χ0n) is 11.7. The van der Waals surface area contributed by atoms with Crippen LogP contribution < -0.4 is 4.90 Å². The summed E-state index contributed by atoms with van der Waals surface area (Å²) in [5, 5.41) is 0.609. The van der Waals surface area contributed by atoms with Gasteiger partial charge in [-0.1, -0.05) is 41.4 Å². The average Bonchev–Trinajstić information content (AvgIpc) is 2.48. The lowest BCUT2D eigenvalue weighted by Crippen LogP contribution is -2.34. The van der Waals surface area contributed by atoms with E-state index in [4.69, 9.17) is 11.6 Å². The molecule has 1 unspecified atom stereocenters. The smallest absolute Gasteiger partial charge is 0.152 e. The number of piperidine rings is 1. The second-order valence-corrected chi connectivity index (χ2v) is 5.87. The average molecular weight is 287 g/mol. The molecular weight excluding hydrogens is 268 g/mol. The number of hydrogen-bond donors (Lipinski definition) is 0. The predicted octanol–water partition coefficient (Wildman–Crippen LogP) is 4.43. The number of hydrogen-bond acceptors (Lipinski definition) is 2. The standard InChI is InChI=1S/C17H19ClN2/c1-13-5-2-6-14(11-13)15-7-4-10-20(12-15)16-8-3-9-19-17(16)18/h2-3,5-6,8-9,11,15H,4,7,10,12H2,1H3. The molecule has 104 valence electrons. The summed E-state index contributed by atoms with van der Waals surface area (Å²) < 4.78 is 0. The summed E-state index contributed by atoms with van der Waals surface area (Å²) in [6.45, 7) is 4.24. The van der Waals surface area contributed by atoms with Gasteiger partial charge < -0.3 is 4.90 Å². The molecule has 1 atom stereocenters. The van der Waals surface area contributed by atoms with Gasteiger partial charge in [-0.15, -0.1) is 0 Å². The number of pyridine rings is 1. The van der Waals surface area contributed by atoms with Crippen LogP contribution in [0.15, 0.2) is 42.6 Å². The zero-order chi connectivity index (χ0) is 13.9. The Hall–Kier alpha value is -1.54. The van der Waals surface area contributed by atoms with Gasteiger partial charge in [0.15, 0.2) is 5.15 Å². The Labute approximate surface area is 125 Å². The molecule has 20 heavy (non-hydrogen) atoms. The van der Waals surface area contributed by atoms with E-state index in [1.807, 2.05) is 6.07 Å². The van der Waals surface area contributed by atoms with Crippen LogP contribution in [0.4, 0.5) is 5.69 Å². The first-order valence-corrected chi connectivity index (χ1v) is 7.54. The van der Waals surface area contributed by atoms with E-state index in [0.717, 1.165) is 18.8 Å². The normalized spacial score (nSPS) is 19.1. The van der Waals surface area contributed by atoms with E-state index in [1.165, 1.54) is 24.0 Å². The molecule has 2 aromatic rings. The molecular formula is C17H19ClN2. The molecule has 3 heteroatoms. The molecule has 0 spiro atoms. The van der Waals surface area contributed by atoms with E-state index in [-0.39, 0.29) is 0 Å². The first-order valence-electron chi connectivity index (χ1n) is 7.16. The van der Waals surface area contributed by atoms with Crippen LogP contribution in [0.3, 0.4) is 0 Å². The maximum Gasteiger partial charge on any atom is 0.152 e. The summed E-state index contributed by atoms with van der Waals surface area (Å²) in [5.41, 5.74) is 3.83. The zero-order valence-corrected chi connectivity index (χ0v) is 12.5. The van der Waals surface area contributed by atoms with Gasteiger partial charge in [0.2, 0.25) is 0 Å². The van der Waals surface area contributed by atoms with Crippen molar-refractivity contribution < 1.29 is 0 Å². The van der Waals surface area contributed by atoms with Crippen molar-refractivity contribution in [2.45, 2.75) is 25.7 Å². The minimum Gasteiger partial charge on any atom is -0.368 e. The van der Waals surface area contributed by atoms with E-state index in [9.17, 15) is 0 Å². The summed E-state index contributed by atoms with van der Waals surface area (Å²) in [6.07, 6.45) is 4.19. The Kier molecular flexibility index (Phi) is 3.93. The minimum atomic E-state index is 0.583. The van der Waals surface area contributed by atoms with E-state index in [2.05, 4.69) is 47.1 Å². The molecule has 1 aliphatic rings. The molecule has 1 aliphatic heterocycles. The third kappa shape index (κ3) is 2.80. The molecule has 2 heterocycles. The molecule has 0 saturated carbocycles. The summed E-state index contributed by atoms with van der Waals surface area (Å²) in [5.74, 6) is 0.583. The molecule has 1 aromatic carbocycles. The number of nitrogens with zero attached hydrogens (tertiary/aromatic N) is 2. The van der Waals surface area contributed by atoms with Crippen LogP contribution in [0.25, 0.3) is 0 Å². The van der Waals surface area contributed by atoms with Crippen molar-refractivity contribution in [3.05, 3.63) is 58.9 Å². The van der Waals surface area contributed by atoms with E-state index in [1.54, 1.807) is 6.20 Å². The molecule has 2 nitrogen and oxygen atoms in total. The second-order valence-electron chi connectivity index (χ2n) is 5.51. The van der Waals surface area contributed by atoms with Crippen molar-refractivity contribution in [3.8, 4) is 0 Å². The van der Waals surface area contributed by atoms with Crippen molar-refractivity contribution in [2.75, 3.05) is 18.0 Å². The van der Waals surface area contributed by atoms with Gasteiger partial charge in [-0.2, -0.15) is 0 Å². The molecule has 0 bridgehead atoms. The SMILES string of the molecule is Cc1cccc(C2CCCN(c3cccnc3Cl)C2)c1. The van der Waals surface area contributed by atoms with Crippen molar-refractivity contribution in [2.24, 2.45) is 0 Å². The van der Waals surface area contributed by atoms with Gasteiger partial charge in [0.25, 0.3) is 0 Å². The minimum absolute atomic E-state index is 0.583. The number of aromatic nitrogens is 1. The third-order valence-corrected chi connectivity index (χ3v) is 4.31. The largest absolute Gasteiger partial charge is 0.368 e. The quantitative estimate of drug-likeness (QED) is 0.759. The molecule has 0 N–H and O–H groups in total. The maximum absolute atomic E-state index is 6.22. The first kappa shape index (κ1) is 13.4. The first-order chi connectivity index (χ1) is 9.74. The van der Waals surface area contributed by atoms with Crippen LogP contribution >= 0.6 is 11.6 Å².